The molecular formula is C17H16N4O. The number of ether oxygens (including phenoxy) is 1. The van der Waals surface area contributed by atoms with Gasteiger partial charge in [-0.25, -0.2) is 9.97 Å². The quantitative estimate of drug-likeness (QED) is 0.720. The van der Waals surface area contributed by atoms with Crippen LogP contribution in [0.15, 0.2) is 60.8 Å². The Morgan fingerprint density at radius 1 is 0.955 bits per heavy atom. The summed E-state index contributed by atoms with van der Waals surface area (Å²) in [6.07, 6.45) is 1.73. The molecule has 0 saturated heterocycles. The smallest absolute Gasteiger partial charge is 0.227 e. The van der Waals surface area contributed by atoms with Gasteiger partial charge in [0, 0.05) is 23.1 Å². The van der Waals surface area contributed by atoms with Crippen LogP contribution in [0.2, 0.25) is 0 Å². The number of nitrogens with one attached hydrogen (secondary N) is 1. The van der Waals surface area contributed by atoms with E-state index in [1.54, 1.807) is 13.3 Å². The molecule has 1 aromatic heterocycles. The van der Waals surface area contributed by atoms with Crippen LogP contribution in [-0.2, 0) is 0 Å². The first-order valence-corrected chi connectivity index (χ1v) is 6.84. The van der Waals surface area contributed by atoms with Crippen LogP contribution in [0.5, 0.6) is 5.75 Å². The van der Waals surface area contributed by atoms with Crippen molar-refractivity contribution in [2.75, 3.05) is 18.2 Å². The molecule has 22 heavy (non-hydrogen) atoms. The van der Waals surface area contributed by atoms with Gasteiger partial charge < -0.3 is 15.8 Å². The summed E-state index contributed by atoms with van der Waals surface area (Å²) in [5.74, 6) is 1.35. The highest BCUT2D eigenvalue weighted by Crippen LogP contribution is 2.21. The molecule has 0 aliphatic rings. The number of hydrogen-bond donors (Lipinski definition) is 2. The maximum absolute atomic E-state index is 5.71. The number of methoxy groups -OCH3 is 1. The highest BCUT2D eigenvalue weighted by atomic mass is 16.5. The van der Waals surface area contributed by atoms with Crippen molar-refractivity contribution in [2.24, 2.45) is 0 Å². The van der Waals surface area contributed by atoms with Crippen LogP contribution in [-0.4, -0.2) is 17.1 Å². The fraction of sp³-hybridized carbons (Fsp3) is 0.0588. The molecule has 0 saturated carbocycles. The summed E-state index contributed by atoms with van der Waals surface area (Å²) in [4.78, 5) is 8.76. The predicted molar refractivity (Wildman–Crippen MR) is 88.2 cm³/mol. The van der Waals surface area contributed by atoms with Crippen molar-refractivity contribution in [3.05, 3.63) is 60.8 Å². The third kappa shape index (κ3) is 3.15. The lowest BCUT2D eigenvalue weighted by atomic mass is 10.1. The SMILES string of the molecule is COc1ccc(Nc2nccc(-c3ccc(N)cc3)n2)cc1. The highest BCUT2D eigenvalue weighted by Gasteiger charge is 2.03. The lowest BCUT2D eigenvalue weighted by molar-refractivity contribution is 0.415. The molecule has 0 unspecified atom stereocenters. The zero-order valence-electron chi connectivity index (χ0n) is 12.2. The Morgan fingerprint density at radius 3 is 2.36 bits per heavy atom. The van der Waals surface area contributed by atoms with E-state index in [1.165, 1.54) is 0 Å². The molecular weight excluding hydrogens is 276 g/mol. The molecule has 3 aromatic rings. The van der Waals surface area contributed by atoms with Crippen LogP contribution in [0.3, 0.4) is 0 Å². The first-order chi connectivity index (χ1) is 10.7. The van der Waals surface area contributed by atoms with E-state index in [9.17, 15) is 0 Å². The van der Waals surface area contributed by atoms with Crippen LogP contribution in [0.4, 0.5) is 17.3 Å². The first-order valence-electron chi connectivity index (χ1n) is 6.84. The second kappa shape index (κ2) is 6.13. The first kappa shape index (κ1) is 13.9. The Hall–Kier alpha value is -3.08. The van der Waals surface area contributed by atoms with E-state index in [0.29, 0.717) is 5.95 Å². The fourth-order valence-corrected chi connectivity index (χ4v) is 2.04. The Labute approximate surface area is 128 Å². The van der Waals surface area contributed by atoms with Gasteiger partial charge in [0.05, 0.1) is 12.8 Å². The Bertz CT molecular complexity index is 754. The maximum atomic E-state index is 5.71. The monoisotopic (exact) mass is 292 g/mol. The summed E-state index contributed by atoms with van der Waals surface area (Å²) in [6, 6.07) is 17.0. The highest BCUT2D eigenvalue weighted by molar-refractivity contribution is 5.64. The predicted octanol–water partition coefficient (Wildman–Crippen LogP) is 3.48. The van der Waals surface area contributed by atoms with E-state index >= 15 is 0 Å². The molecule has 0 radical (unpaired) electrons. The maximum Gasteiger partial charge on any atom is 0.227 e. The summed E-state index contributed by atoms with van der Waals surface area (Å²) in [5.41, 5.74) is 9.17. The van der Waals surface area contributed by atoms with Gasteiger partial charge in [-0.3, -0.25) is 0 Å². The van der Waals surface area contributed by atoms with Gasteiger partial charge in [0.15, 0.2) is 0 Å². The Morgan fingerprint density at radius 2 is 1.68 bits per heavy atom. The van der Waals surface area contributed by atoms with Crippen LogP contribution in [0, 0.1) is 0 Å². The van der Waals surface area contributed by atoms with Crippen molar-refractivity contribution in [1.29, 1.82) is 0 Å². The summed E-state index contributed by atoms with van der Waals surface area (Å²) >= 11 is 0. The Kier molecular flexibility index (Phi) is 3.87. The summed E-state index contributed by atoms with van der Waals surface area (Å²) in [6.45, 7) is 0. The third-order valence-electron chi connectivity index (χ3n) is 3.21. The minimum Gasteiger partial charge on any atom is -0.497 e. The summed E-state index contributed by atoms with van der Waals surface area (Å²) < 4.78 is 5.14. The molecule has 0 bridgehead atoms. The van der Waals surface area contributed by atoms with Crippen LogP contribution >= 0.6 is 0 Å². The summed E-state index contributed by atoms with van der Waals surface area (Å²) in [7, 11) is 1.64. The number of anilines is 3. The van der Waals surface area contributed by atoms with Crippen LogP contribution < -0.4 is 15.8 Å². The number of aromatic nitrogens is 2. The average molecular weight is 292 g/mol. The molecule has 0 atom stereocenters. The lowest BCUT2D eigenvalue weighted by Crippen LogP contribution is -1.98. The molecule has 0 amide bonds. The molecule has 0 aliphatic heterocycles. The molecule has 3 rings (SSSR count). The van der Waals surface area contributed by atoms with E-state index in [2.05, 4.69) is 15.3 Å². The fourth-order valence-electron chi connectivity index (χ4n) is 2.04. The molecule has 3 N–H and O–H groups in total. The molecule has 5 heteroatoms. The number of nitrogen functional groups attached to an aromatic ring is 1. The number of nitrogens with zero attached hydrogens (tertiary/aromatic N) is 2. The zero-order valence-corrected chi connectivity index (χ0v) is 12.2. The van der Waals surface area contributed by atoms with Gasteiger partial charge in [0.2, 0.25) is 5.95 Å². The van der Waals surface area contributed by atoms with Gasteiger partial charge in [-0.2, -0.15) is 0 Å². The molecule has 5 nitrogen and oxygen atoms in total. The van der Waals surface area contributed by atoms with E-state index in [-0.39, 0.29) is 0 Å². The second-order valence-corrected chi connectivity index (χ2v) is 4.74. The van der Waals surface area contributed by atoms with Gasteiger partial charge >= 0.3 is 0 Å². The number of nitrogens with two attached hydrogens (primary N) is 1. The van der Waals surface area contributed by atoms with E-state index < -0.39 is 0 Å². The molecule has 2 aromatic carbocycles. The summed E-state index contributed by atoms with van der Waals surface area (Å²) in [5, 5.41) is 3.17. The Balaban J connectivity index is 1.82. The van der Waals surface area contributed by atoms with Gasteiger partial charge in [0.25, 0.3) is 0 Å². The van der Waals surface area contributed by atoms with Gasteiger partial charge in [-0.1, -0.05) is 12.1 Å². The zero-order chi connectivity index (χ0) is 15.4. The number of hydrogen-bond acceptors (Lipinski definition) is 5. The van der Waals surface area contributed by atoms with E-state index in [1.807, 2.05) is 54.6 Å². The van der Waals surface area contributed by atoms with Gasteiger partial charge in [0.1, 0.15) is 5.75 Å². The normalized spacial score (nSPS) is 10.2. The van der Waals surface area contributed by atoms with Crippen molar-refractivity contribution in [3.8, 4) is 17.0 Å². The van der Waals surface area contributed by atoms with Crippen LogP contribution in [0.1, 0.15) is 0 Å². The van der Waals surface area contributed by atoms with Crippen LogP contribution in [0.25, 0.3) is 11.3 Å². The van der Waals surface area contributed by atoms with Gasteiger partial charge in [-0.05, 0) is 42.5 Å². The van der Waals surface area contributed by atoms with Crippen molar-refractivity contribution in [2.45, 2.75) is 0 Å². The average Bonchev–Trinajstić information content (AvgIpc) is 2.56. The molecule has 110 valence electrons. The lowest BCUT2D eigenvalue weighted by Gasteiger charge is -2.07. The minimum atomic E-state index is 0.541. The molecule has 1 heterocycles. The second-order valence-electron chi connectivity index (χ2n) is 4.74. The van der Waals surface area contributed by atoms with Crippen molar-refractivity contribution < 1.29 is 4.74 Å². The third-order valence-corrected chi connectivity index (χ3v) is 3.21. The number of rotatable bonds is 4. The van der Waals surface area contributed by atoms with Gasteiger partial charge in [-0.15, -0.1) is 0 Å². The number of benzene rings is 2. The topological polar surface area (TPSA) is 73.1 Å². The van der Waals surface area contributed by atoms with E-state index in [0.717, 1.165) is 28.4 Å². The van der Waals surface area contributed by atoms with Crippen molar-refractivity contribution >= 4 is 17.3 Å². The standard InChI is InChI=1S/C17H16N4O/c1-22-15-8-6-14(7-9-15)20-17-19-11-10-16(21-17)12-2-4-13(18)5-3-12/h2-11H,18H2,1H3,(H,19,20,21). The molecule has 0 aliphatic carbocycles. The molecule has 0 spiro atoms. The minimum absolute atomic E-state index is 0.541. The largest absolute Gasteiger partial charge is 0.497 e. The van der Waals surface area contributed by atoms with Crippen molar-refractivity contribution in [1.82, 2.24) is 9.97 Å². The van der Waals surface area contributed by atoms with E-state index in [4.69, 9.17) is 10.5 Å². The molecule has 0 fully saturated rings. The van der Waals surface area contributed by atoms with Crippen molar-refractivity contribution in [3.63, 3.8) is 0 Å².